The topological polar surface area (TPSA) is 96.2 Å². The zero-order valence-corrected chi connectivity index (χ0v) is 23.4. The lowest BCUT2D eigenvalue weighted by Crippen LogP contribution is -2.39. The minimum absolute atomic E-state index is 0.149. The molecular weight excluding hydrogens is 579 g/mol. The number of hydrogen-bond donors (Lipinski definition) is 0. The molecule has 0 unspecified atom stereocenters. The van der Waals surface area contributed by atoms with E-state index >= 15 is 0 Å². The van der Waals surface area contributed by atoms with Crippen molar-refractivity contribution in [1.29, 1.82) is 0 Å². The van der Waals surface area contributed by atoms with Gasteiger partial charge in [-0.25, -0.2) is 14.2 Å². The van der Waals surface area contributed by atoms with Crippen LogP contribution < -0.4 is 24.4 Å². The fourth-order valence-corrected chi connectivity index (χ4v) is 5.67. The summed E-state index contributed by atoms with van der Waals surface area (Å²) in [4.78, 5) is 43.1. The number of carbonyl (C=O) groups is 2. The normalized spacial score (nSPS) is 15.1. The highest BCUT2D eigenvalue weighted by molar-refractivity contribution is 9.10. The Kier molecular flexibility index (Phi) is 8.27. The number of halogens is 2. The molecule has 0 saturated carbocycles. The third-order valence-corrected chi connectivity index (χ3v) is 7.15. The van der Waals surface area contributed by atoms with Gasteiger partial charge in [-0.05, 0) is 78.2 Å². The van der Waals surface area contributed by atoms with Crippen LogP contribution >= 0.6 is 27.3 Å². The Balaban J connectivity index is 1.91. The molecule has 0 saturated heterocycles. The first-order valence-electron chi connectivity index (χ1n) is 11.7. The predicted molar refractivity (Wildman–Crippen MR) is 143 cm³/mol. The molecule has 1 atom stereocenters. The second-order valence-corrected chi connectivity index (χ2v) is 10.1. The number of ether oxygens (including phenoxy) is 3. The average Bonchev–Trinajstić information content (AvgIpc) is 3.15. The summed E-state index contributed by atoms with van der Waals surface area (Å²) < 4.78 is 32.2. The van der Waals surface area contributed by atoms with E-state index in [-0.39, 0.29) is 23.5 Å². The van der Waals surface area contributed by atoms with Gasteiger partial charge in [0.1, 0.15) is 5.82 Å². The fraction of sp³-hybridized carbons (Fsp3) is 0.259. The molecule has 0 N–H and O–H groups in total. The minimum Gasteiger partial charge on any atom is -0.490 e. The Hall–Kier alpha value is -3.57. The van der Waals surface area contributed by atoms with Crippen LogP contribution in [0.3, 0.4) is 0 Å². The quantitative estimate of drug-likeness (QED) is 0.299. The second kappa shape index (κ2) is 11.4. The van der Waals surface area contributed by atoms with Gasteiger partial charge in [-0.3, -0.25) is 14.2 Å². The Labute approximate surface area is 229 Å². The number of esters is 2. The number of allylic oxidation sites excluding steroid dienone is 1. The van der Waals surface area contributed by atoms with E-state index in [1.165, 1.54) is 35.8 Å². The van der Waals surface area contributed by atoms with Crippen molar-refractivity contribution in [3.05, 3.63) is 88.8 Å². The lowest BCUT2D eigenvalue weighted by molar-refractivity contribution is -0.139. The summed E-state index contributed by atoms with van der Waals surface area (Å²) in [7, 11) is 0. The molecule has 0 radical (unpaired) electrons. The van der Waals surface area contributed by atoms with Crippen LogP contribution in [0.2, 0.25) is 0 Å². The summed E-state index contributed by atoms with van der Waals surface area (Å²) in [5.41, 5.74) is 1.40. The monoisotopic (exact) mass is 602 g/mol. The van der Waals surface area contributed by atoms with Crippen LogP contribution in [0.5, 0.6) is 11.5 Å². The Bertz CT molecular complexity index is 1620. The van der Waals surface area contributed by atoms with Gasteiger partial charge in [0.05, 0.1) is 39.5 Å². The number of benzene rings is 2. The highest BCUT2D eigenvalue weighted by Crippen LogP contribution is 2.37. The van der Waals surface area contributed by atoms with E-state index in [2.05, 4.69) is 20.9 Å². The predicted octanol–water partition coefficient (Wildman–Crippen LogP) is 4.02. The summed E-state index contributed by atoms with van der Waals surface area (Å²) in [5, 5.41) is 0. The van der Waals surface area contributed by atoms with Gasteiger partial charge in [0.25, 0.3) is 5.56 Å². The Morgan fingerprint density at radius 2 is 1.89 bits per heavy atom. The van der Waals surface area contributed by atoms with Crippen molar-refractivity contribution in [2.45, 2.75) is 33.7 Å². The summed E-state index contributed by atoms with van der Waals surface area (Å²) in [6.07, 6.45) is 1.67. The zero-order chi connectivity index (χ0) is 27.6. The molecule has 0 spiro atoms. The molecule has 38 heavy (non-hydrogen) atoms. The molecule has 1 aliphatic rings. The van der Waals surface area contributed by atoms with Crippen molar-refractivity contribution in [3.8, 4) is 11.5 Å². The summed E-state index contributed by atoms with van der Waals surface area (Å²) in [6.45, 7) is 6.95. The molecule has 1 aromatic heterocycles. The first kappa shape index (κ1) is 27.5. The van der Waals surface area contributed by atoms with Gasteiger partial charge in [-0.2, -0.15) is 0 Å². The smallest absolute Gasteiger partial charge is 0.338 e. The standard InChI is InChI=1S/C27H24BrFN2O6S/c1-5-35-20-12-16(11-19(28)24(20)37-15(4)32)13-21-25(33)31-23(17-7-9-18(29)10-8-17)22(26(34)36-6-2)14(3)30-27(31)38-21/h7-13,23H,5-6H2,1-4H3/b21-13-/t23-/m0/s1. The van der Waals surface area contributed by atoms with Gasteiger partial charge in [0.15, 0.2) is 16.3 Å². The summed E-state index contributed by atoms with van der Waals surface area (Å²) in [5.74, 6) is -0.956. The highest BCUT2D eigenvalue weighted by Gasteiger charge is 2.33. The van der Waals surface area contributed by atoms with Crippen molar-refractivity contribution >= 4 is 45.3 Å². The largest absolute Gasteiger partial charge is 0.490 e. The van der Waals surface area contributed by atoms with Gasteiger partial charge >= 0.3 is 11.9 Å². The van der Waals surface area contributed by atoms with E-state index in [1.54, 1.807) is 39.0 Å². The number of rotatable bonds is 7. The molecule has 11 heteroatoms. The summed E-state index contributed by atoms with van der Waals surface area (Å²) >= 11 is 4.57. The van der Waals surface area contributed by atoms with E-state index in [0.717, 1.165) is 11.3 Å². The number of fused-ring (bicyclic) bond motifs is 1. The molecule has 1 aliphatic heterocycles. The number of thiazole rings is 1. The lowest BCUT2D eigenvalue weighted by Gasteiger charge is -2.24. The van der Waals surface area contributed by atoms with Gasteiger partial charge in [-0.15, -0.1) is 0 Å². The van der Waals surface area contributed by atoms with Crippen LogP contribution in [0, 0.1) is 5.82 Å². The molecule has 8 nitrogen and oxygen atoms in total. The molecule has 2 aromatic carbocycles. The zero-order valence-electron chi connectivity index (χ0n) is 21.0. The maximum Gasteiger partial charge on any atom is 0.338 e. The number of carbonyl (C=O) groups excluding carboxylic acids is 2. The molecular formula is C27H24BrFN2O6S. The first-order valence-corrected chi connectivity index (χ1v) is 13.3. The molecule has 3 aromatic rings. The molecule has 198 valence electrons. The van der Waals surface area contributed by atoms with E-state index in [1.807, 2.05) is 0 Å². The van der Waals surface area contributed by atoms with Crippen LogP contribution in [0.25, 0.3) is 6.08 Å². The fourth-order valence-electron chi connectivity index (χ4n) is 4.08. The average molecular weight is 603 g/mol. The highest BCUT2D eigenvalue weighted by atomic mass is 79.9. The molecule has 0 fully saturated rings. The first-order chi connectivity index (χ1) is 18.1. The number of hydrogen-bond acceptors (Lipinski definition) is 8. The molecule has 0 bridgehead atoms. The molecule has 2 heterocycles. The number of aromatic nitrogens is 1. The van der Waals surface area contributed by atoms with Crippen LogP contribution in [0.4, 0.5) is 4.39 Å². The molecule has 0 amide bonds. The van der Waals surface area contributed by atoms with Crippen molar-refractivity contribution in [3.63, 3.8) is 0 Å². The van der Waals surface area contributed by atoms with Gasteiger partial charge in [0.2, 0.25) is 0 Å². The van der Waals surface area contributed by atoms with Gasteiger partial charge < -0.3 is 14.2 Å². The van der Waals surface area contributed by atoms with Crippen LogP contribution in [0.1, 0.15) is 44.9 Å². The molecule has 0 aliphatic carbocycles. The van der Waals surface area contributed by atoms with Crippen molar-refractivity contribution in [2.75, 3.05) is 13.2 Å². The van der Waals surface area contributed by atoms with E-state index in [0.29, 0.717) is 43.0 Å². The van der Waals surface area contributed by atoms with E-state index in [9.17, 15) is 18.8 Å². The molecule has 4 rings (SSSR count). The minimum atomic E-state index is -0.842. The Morgan fingerprint density at radius 3 is 2.53 bits per heavy atom. The maximum absolute atomic E-state index is 13.7. The van der Waals surface area contributed by atoms with Crippen LogP contribution in [0.15, 0.2) is 61.9 Å². The van der Waals surface area contributed by atoms with Crippen LogP contribution in [-0.2, 0) is 14.3 Å². The van der Waals surface area contributed by atoms with Crippen LogP contribution in [-0.4, -0.2) is 29.7 Å². The van der Waals surface area contributed by atoms with E-state index in [4.69, 9.17) is 14.2 Å². The van der Waals surface area contributed by atoms with Gasteiger partial charge in [0, 0.05) is 6.92 Å². The lowest BCUT2D eigenvalue weighted by atomic mass is 9.96. The van der Waals surface area contributed by atoms with E-state index < -0.39 is 23.8 Å². The van der Waals surface area contributed by atoms with Gasteiger partial charge in [-0.1, -0.05) is 23.5 Å². The van der Waals surface area contributed by atoms with Crippen molar-refractivity contribution in [1.82, 2.24) is 4.57 Å². The SMILES string of the molecule is CCOC(=O)C1=C(C)N=c2s/c(=C\c3cc(Br)c(OC(C)=O)c(OCC)c3)c(=O)n2[C@H]1c1ccc(F)cc1. The Morgan fingerprint density at radius 1 is 1.18 bits per heavy atom. The van der Waals surface area contributed by atoms with Crippen molar-refractivity contribution in [2.24, 2.45) is 4.99 Å². The third-order valence-electron chi connectivity index (χ3n) is 5.58. The maximum atomic E-state index is 13.7. The second-order valence-electron chi connectivity index (χ2n) is 8.21. The third kappa shape index (κ3) is 5.48. The number of nitrogens with zero attached hydrogens (tertiary/aromatic N) is 2. The summed E-state index contributed by atoms with van der Waals surface area (Å²) in [6, 6.07) is 8.15. The van der Waals surface area contributed by atoms with Crippen molar-refractivity contribution < 1.29 is 28.2 Å².